The summed E-state index contributed by atoms with van der Waals surface area (Å²) in [6, 6.07) is 6.18. The van der Waals surface area contributed by atoms with E-state index in [1.165, 1.54) is 0 Å². The summed E-state index contributed by atoms with van der Waals surface area (Å²) in [4.78, 5) is 33.3. The fourth-order valence-electron chi connectivity index (χ4n) is 4.94. The van der Waals surface area contributed by atoms with Crippen molar-refractivity contribution >= 4 is 23.5 Å². The fraction of sp³-hybridized carbons (Fsp3) is 0.519. The van der Waals surface area contributed by atoms with Crippen LogP contribution in [0, 0.1) is 18.3 Å². The predicted octanol–water partition coefficient (Wildman–Crippen LogP) is 3.85. The number of oxazole rings is 1. The van der Waals surface area contributed by atoms with Crippen molar-refractivity contribution in [2.45, 2.75) is 50.6 Å². The molecule has 2 aliphatic rings. The van der Waals surface area contributed by atoms with Crippen LogP contribution in [0.25, 0.3) is 11.3 Å². The summed E-state index contributed by atoms with van der Waals surface area (Å²) in [6.45, 7) is 3.48. The monoisotopic (exact) mass is 566 g/mol. The van der Waals surface area contributed by atoms with Gasteiger partial charge in [0, 0.05) is 43.2 Å². The van der Waals surface area contributed by atoms with Gasteiger partial charge < -0.3 is 14.5 Å². The summed E-state index contributed by atoms with van der Waals surface area (Å²) in [5.41, 5.74) is 0.00857. The molecule has 2 aromatic rings. The van der Waals surface area contributed by atoms with Crippen molar-refractivity contribution in [3.63, 3.8) is 0 Å². The van der Waals surface area contributed by atoms with Crippen LogP contribution in [0.2, 0.25) is 5.02 Å². The van der Waals surface area contributed by atoms with Crippen LogP contribution >= 0.6 is 11.6 Å². The van der Waals surface area contributed by atoms with Crippen LogP contribution in [0.15, 0.2) is 34.9 Å². The average molecular weight is 567 g/mol. The van der Waals surface area contributed by atoms with Gasteiger partial charge in [0.2, 0.25) is 11.8 Å². The van der Waals surface area contributed by atoms with Gasteiger partial charge in [0.05, 0.1) is 17.7 Å². The van der Waals surface area contributed by atoms with Gasteiger partial charge in [-0.3, -0.25) is 19.4 Å². The minimum atomic E-state index is -4.55. The number of aromatic nitrogens is 1. The van der Waals surface area contributed by atoms with Crippen LogP contribution < -0.4 is 5.32 Å². The number of nitrogens with one attached hydrogen (secondary N) is 1. The Morgan fingerprint density at radius 1 is 1.26 bits per heavy atom. The van der Waals surface area contributed by atoms with Gasteiger partial charge in [0.15, 0.2) is 5.76 Å². The molecule has 3 heterocycles. The van der Waals surface area contributed by atoms with Crippen molar-refractivity contribution in [1.29, 1.82) is 0 Å². The Bertz CT molecular complexity index is 1220. The van der Waals surface area contributed by atoms with Crippen molar-refractivity contribution in [1.82, 2.24) is 20.1 Å². The van der Waals surface area contributed by atoms with E-state index in [1.807, 2.05) is 36.2 Å². The summed E-state index contributed by atoms with van der Waals surface area (Å²) >= 11 is 5.97. The molecule has 2 fully saturated rings. The number of terminal acetylenes is 1. The van der Waals surface area contributed by atoms with E-state index in [2.05, 4.69) is 10.9 Å². The molecule has 0 aliphatic carbocycles. The number of alkyl halides is 3. The lowest BCUT2D eigenvalue weighted by Crippen LogP contribution is -2.63. The number of amides is 1. The molecule has 0 radical (unpaired) electrons. The molecule has 1 aromatic carbocycles. The van der Waals surface area contributed by atoms with Gasteiger partial charge in [0.25, 0.3) is 0 Å². The summed E-state index contributed by atoms with van der Waals surface area (Å²) in [5.74, 6) is 1.83. The minimum Gasteiger partial charge on any atom is -0.461 e. The maximum absolute atomic E-state index is 13.0. The number of carbonyl (C=O) groups is 2. The Hall–Kier alpha value is -3.07. The molecular weight excluding hydrogens is 537 g/mol. The molecule has 0 saturated carbocycles. The average Bonchev–Trinajstić information content (AvgIpc) is 3.50. The highest BCUT2D eigenvalue weighted by molar-refractivity contribution is 6.30. The van der Waals surface area contributed by atoms with Gasteiger partial charge in [-0.05, 0) is 44.5 Å². The third-order valence-corrected chi connectivity index (χ3v) is 7.42. The molecule has 4 rings (SSSR count). The lowest BCUT2D eigenvalue weighted by atomic mass is 9.97. The number of hydrogen-bond acceptors (Lipinski definition) is 7. The van der Waals surface area contributed by atoms with Crippen LogP contribution in [0.5, 0.6) is 0 Å². The standard InChI is InChI=1S/C27H30ClF3N4O4/c1-4-5-18-12-20(38-24(18)37)14-34-10-11-35(15-21(34)23(36)33-16-27(29,30)31)26(2,3)25-32-13-22(39-25)17-6-8-19(28)9-7-17/h1,6-9,13,18,20-21H,5,10-12,14-16H2,2-3H3,(H,33,36)/t18-,20+,21+/m1/s1. The topological polar surface area (TPSA) is 87.9 Å². The maximum atomic E-state index is 13.0. The first-order valence-electron chi connectivity index (χ1n) is 12.6. The molecule has 0 bridgehead atoms. The molecule has 0 spiro atoms. The number of cyclic esters (lactones) is 1. The van der Waals surface area contributed by atoms with Crippen LogP contribution in [0.3, 0.4) is 0 Å². The first-order valence-corrected chi connectivity index (χ1v) is 12.9. The maximum Gasteiger partial charge on any atom is 0.405 e. The van der Waals surface area contributed by atoms with E-state index in [9.17, 15) is 22.8 Å². The molecule has 2 aliphatic heterocycles. The number of benzene rings is 1. The van der Waals surface area contributed by atoms with Gasteiger partial charge >= 0.3 is 12.1 Å². The van der Waals surface area contributed by atoms with Crippen LogP contribution in [0.1, 0.15) is 32.6 Å². The first-order chi connectivity index (χ1) is 18.4. The predicted molar refractivity (Wildman–Crippen MR) is 137 cm³/mol. The zero-order valence-corrected chi connectivity index (χ0v) is 22.4. The molecule has 39 heavy (non-hydrogen) atoms. The Balaban J connectivity index is 1.51. The molecule has 1 N–H and O–H groups in total. The Morgan fingerprint density at radius 2 is 1.97 bits per heavy atom. The smallest absolute Gasteiger partial charge is 0.405 e. The van der Waals surface area contributed by atoms with E-state index in [1.54, 1.807) is 23.2 Å². The zero-order chi connectivity index (χ0) is 28.4. The Labute approximate surface area is 229 Å². The highest BCUT2D eigenvalue weighted by Gasteiger charge is 2.44. The molecule has 1 amide bonds. The zero-order valence-electron chi connectivity index (χ0n) is 21.6. The first kappa shape index (κ1) is 28.9. The molecule has 3 atom stereocenters. The summed E-state index contributed by atoms with van der Waals surface area (Å²) in [6.07, 6.45) is 2.54. The van der Waals surface area contributed by atoms with Crippen molar-refractivity contribution in [3.8, 4) is 23.7 Å². The number of hydrogen-bond donors (Lipinski definition) is 1. The lowest BCUT2D eigenvalue weighted by molar-refractivity contribution is -0.148. The van der Waals surface area contributed by atoms with Crippen LogP contribution in [0.4, 0.5) is 13.2 Å². The molecule has 12 heteroatoms. The lowest BCUT2D eigenvalue weighted by Gasteiger charge is -2.46. The van der Waals surface area contributed by atoms with Crippen molar-refractivity contribution < 1.29 is 31.9 Å². The fourth-order valence-corrected chi connectivity index (χ4v) is 5.07. The van der Waals surface area contributed by atoms with Crippen molar-refractivity contribution in [3.05, 3.63) is 41.4 Å². The second-order valence-corrected chi connectivity index (χ2v) is 10.7. The number of halogens is 4. The number of piperazine rings is 1. The van der Waals surface area contributed by atoms with E-state index in [0.29, 0.717) is 36.2 Å². The Morgan fingerprint density at radius 3 is 2.64 bits per heavy atom. The molecule has 1 aromatic heterocycles. The minimum absolute atomic E-state index is 0.115. The third kappa shape index (κ3) is 6.93. The van der Waals surface area contributed by atoms with Gasteiger partial charge in [-0.1, -0.05) is 11.6 Å². The molecular formula is C27H30ClF3N4O4. The second-order valence-electron chi connectivity index (χ2n) is 10.3. The number of esters is 1. The Kier molecular flexibility index (Phi) is 8.59. The van der Waals surface area contributed by atoms with Crippen LogP contribution in [-0.2, 0) is 19.9 Å². The summed E-state index contributed by atoms with van der Waals surface area (Å²) in [5, 5.41) is 2.60. The number of carbonyl (C=O) groups excluding carboxylic acids is 2. The molecule has 8 nitrogen and oxygen atoms in total. The SMILES string of the molecule is C#CC[C@@H]1C[C@@H](CN2CCN(C(C)(C)c3ncc(-c4ccc(Cl)cc4)o3)C[C@H]2C(=O)NCC(F)(F)F)OC1=O. The van der Waals surface area contributed by atoms with Gasteiger partial charge in [0.1, 0.15) is 18.7 Å². The highest BCUT2D eigenvalue weighted by atomic mass is 35.5. The normalized spacial score (nSPS) is 22.9. The van der Waals surface area contributed by atoms with E-state index in [4.69, 9.17) is 27.2 Å². The third-order valence-electron chi connectivity index (χ3n) is 7.17. The summed E-state index contributed by atoms with van der Waals surface area (Å²) < 4.78 is 50.2. The van der Waals surface area contributed by atoms with E-state index < -0.39 is 48.2 Å². The molecule has 210 valence electrons. The number of nitrogens with zero attached hydrogens (tertiary/aromatic N) is 3. The van der Waals surface area contributed by atoms with Gasteiger partial charge in [-0.25, -0.2) is 4.98 Å². The van der Waals surface area contributed by atoms with E-state index in [0.717, 1.165) is 5.56 Å². The second kappa shape index (κ2) is 11.6. The number of ether oxygens (including phenoxy) is 1. The van der Waals surface area contributed by atoms with Crippen molar-refractivity contribution in [2.75, 3.05) is 32.7 Å². The largest absolute Gasteiger partial charge is 0.461 e. The highest BCUT2D eigenvalue weighted by Crippen LogP contribution is 2.33. The van der Waals surface area contributed by atoms with Crippen LogP contribution in [-0.4, -0.2) is 77.7 Å². The van der Waals surface area contributed by atoms with E-state index >= 15 is 0 Å². The molecule has 0 unspecified atom stereocenters. The molecule has 2 saturated heterocycles. The van der Waals surface area contributed by atoms with Crippen molar-refractivity contribution in [2.24, 2.45) is 5.92 Å². The quantitative estimate of drug-likeness (QED) is 0.384. The number of rotatable bonds is 8. The summed E-state index contributed by atoms with van der Waals surface area (Å²) in [7, 11) is 0. The van der Waals surface area contributed by atoms with Gasteiger partial charge in [-0.15, -0.1) is 12.3 Å². The van der Waals surface area contributed by atoms with Gasteiger partial charge in [-0.2, -0.15) is 13.2 Å². The van der Waals surface area contributed by atoms with E-state index in [-0.39, 0.29) is 19.5 Å².